The molecule has 1 saturated heterocycles. The summed E-state index contributed by atoms with van der Waals surface area (Å²) in [4.78, 5) is 13.2. The van der Waals surface area contributed by atoms with Crippen molar-refractivity contribution in [2.45, 2.75) is 13.0 Å². The van der Waals surface area contributed by atoms with E-state index in [0.717, 1.165) is 12.2 Å². The lowest BCUT2D eigenvalue weighted by molar-refractivity contribution is 0.0988. The lowest BCUT2D eigenvalue weighted by Gasteiger charge is -2.36. The third kappa shape index (κ3) is 2.34. The van der Waals surface area contributed by atoms with Crippen molar-refractivity contribution in [3.8, 4) is 0 Å². The Morgan fingerprint density at radius 2 is 2.29 bits per heavy atom. The maximum absolute atomic E-state index is 11.0. The minimum Gasteiger partial charge on any atom is -0.397 e. The number of primary amides is 1. The maximum Gasteiger partial charge on any atom is 0.248 e. The molecule has 1 atom stereocenters. The van der Waals surface area contributed by atoms with E-state index < -0.39 is 5.91 Å². The summed E-state index contributed by atoms with van der Waals surface area (Å²) in [6.45, 7) is 4.28. The summed E-state index contributed by atoms with van der Waals surface area (Å²) in [6, 6.07) is 5.46. The Hall–Kier alpha value is -1.75. The third-order valence-corrected chi connectivity index (χ3v) is 2.99. The summed E-state index contributed by atoms with van der Waals surface area (Å²) in [5.74, 6) is -0.460. The Bertz CT molecular complexity index is 434. The third-order valence-electron chi connectivity index (χ3n) is 2.99. The fraction of sp³-hybridized carbons (Fsp3) is 0.417. The molecule has 0 radical (unpaired) electrons. The van der Waals surface area contributed by atoms with E-state index in [-0.39, 0.29) is 6.04 Å². The van der Waals surface area contributed by atoms with Crippen molar-refractivity contribution < 1.29 is 9.53 Å². The number of anilines is 2. The Morgan fingerprint density at radius 1 is 1.53 bits per heavy atom. The number of nitrogens with zero attached hydrogens (tertiary/aromatic N) is 1. The number of amides is 1. The molecule has 1 aromatic carbocycles. The molecule has 0 aromatic heterocycles. The number of hydrogen-bond donors (Lipinski definition) is 2. The molecule has 92 valence electrons. The normalized spacial score (nSPS) is 20.3. The second-order valence-corrected chi connectivity index (χ2v) is 4.26. The molecule has 0 bridgehead atoms. The largest absolute Gasteiger partial charge is 0.397 e. The smallest absolute Gasteiger partial charge is 0.248 e. The number of morpholine rings is 1. The number of carbonyl (C=O) groups is 1. The van der Waals surface area contributed by atoms with E-state index in [9.17, 15) is 4.79 Å². The van der Waals surface area contributed by atoms with Gasteiger partial charge >= 0.3 is 0 Å². The number of nitrogen functional groups attached to an aromatic ring is 1. The summed E-state index contributed by atoms with van der Waals surface area (Å²) in [7, 11) is 0. The number of ether oxygens (including phenoxy) is 1. The molecule has 1 aliphatic heterocycles. The minimum absolute atomic E-state index is 0.283. The van der Waals surface area contributed by atoms with Crippen molar-refractivity contribution in [3.05, 3.63) is 23.8 Å². The topological polar surface area (TPSA) is 81.6 Å². The molecule has 1 heterocycles. The van der Waals surface area contributed by atoms with Crippen molar-refractivity contribution in [2.75, 3.05) is 30.4 Å². The van der Waals surface area contributed by atoms with Crippen LogP contribution in [0.3, 0.4) is 0 Å². The van der Waals surface area contributed by atoms with Crippen LogP contribution in [0.15, 0.2) is 18.2 Å². The highest BCUT2D eigenvalue weighted by atomic mass is 16.5. The first kappa shape index (κ1) is 11.7. The van der Waals surface area contributed by atoms with E-state index >= 15 is 0 Å². The summed E-state index contributed by atoms with van der Waals surface area (Å²) < 4.78 is 5.38. The standard InChI is InChI=1S/C12H17N3O2/c1-8-7-17-5-4-15(8)11-3-2-9(12(14)16)6-10(11)13/h2-3,6,8H,4-5,7,13H2,1H3,(H2,14,16). The number of rotatable bonds is 2. The molecule has 1 unspecified atom stereocenters. The van der Waals surface area contributed by atoms with E-state index in [2.05, 4.69) is 11.8 Å². The van der Waals surface area contributed by atoms with Gasteiger partial charge in [-0.15, -0.1) is 0 Å². The lowest BCUT2D eigenvalue weighted by Crippen LogP contribution is -2.44. The average molecular weight is 235 g/mol. The molecule has 0 spiro atoms. The van der Waals surface area contributed by atoms with Crippen LogP contribution in [0.2, 0.25) is 0 Å². The lowest BCUT2D eigenvalue weighted by atomic mass is 10.1. The predicted octanol–water partition coefficient (Wildman–Crippen LogP) is 0.593. The average Bonchev–Trinajstić information content (AvgIpc) is 2.30. The van der Waals surface area contributed by atoms with Crippen LogP contribution in [0.4, 0.5) is 11.4 Å². The highest BCUT2D eigenvalue weighted by Gasteiger charge is 2.21. The van der Waals surface area contributed by atoms with E-state index in [1.54, 1.807) is 12.1 Å². The highest BCUT2D eigenvalue weighted by Crippen LogP contribution is 2.27. The highest BCUT2D eigenvalue weighted by molar-refractivity contribution is 5.94. The quantitative estimate of drug-likeness (QED) is 0.735. The second kappa shape index (κ2) is 4.63. The van der Waals surface area contributed by atoms with Gasteiger partial charge in [0.1, 0.15) is 0 Å². The van der Waals surface area contributed by atoms with E-state index in [1.807, 2.05) is 6.07 Å². The molecule has 1 amide bonds. The number of nitrogens with two attached hydrogens (primary N) is 2. The molecule has 1 aromatic rings. The number of benzene rings is 1. The minimum atomic E-state index is -0.460. The molecule has 17 heavy (non-hydrogen) atoms. The molecule has 0 aliphatic carbocycles. The van der Waals surface area contributed by atoms with Crippen LogP contribution < -0.4 is 16.4 Å². The van der Waals surface area contributed by atoms with Gasteiger partial charge < -0.3 is 21.1 Å². The van der Waals surface area contributed by atoms with Gasteiger partial charge in [-0.2, -0.15) is 0 Å². The molecule has 5 heteroatoms. The van der Waals surface area contributed by atoms with Crippen LogP contribution in [0.5, 0.6) is 0 Å². The zero-order valence-corrected chi connectivity index (χ0v) is 9.85. The fourth-order valence-corrected chi connectivity index (χ4v) is 2.05. The van der Waals surface area contributed by atoms with Gasteiger partial charge in [-0.3, -0.25) is 4.79 Å². The SMILES string of the molecule is CC1COCCN1c1ccc(C(N)=O)cc1N. The van der Waals surface area contributed by atoms with Gasteiger partial charge in [-0.25, -0.2) is 0 Å². The predicted molar refractivity (Wildman–Crippen MR) is 67.0 cm³/mol. The van der Waals surface area contributed by atoms with Gasteiger partial charge in [0.2, 0.25) is 5.91 Å². The van der Waals surface area contributed by atoms with Crippen molar-refractivity contribution in [3.63, 3.8) is 0 Å². The number of hydrogen-bond acceptors (Lipinski definition) is 4. The second-order valence-electron chi connectivity index (χ2n) is 4.26. The summed E-state index contributed by atoms with van der Waals surface area (Å²) in [6.07, 6.45) is 0. The number of carbonyl (C=O) groups excluding carboxylic acids is 1. The maximum atomic E-state index is 11.0. The fourth-order valence-electron chi connectivity index (χ4n) is 2.05. The van der Waals surface area contributed by atoms with Gasteiger partial charge in [0.05, 0.1) is 24.6 Å². The molecule has 2 rings (SSSR count). The summed E-state index contributed by atoms with van der Waals surface area (Å²) in [5, 5.41) is 0. The molecule has 5 nitrogen and oxygen atoms in total. The van der Waals surface area contributed by atoms with E-state index in [4.69, 9.17) is 16.2 Å². The van der Waals surface area contributed by atoms with Crippen molar-refractivity contribution in [2.24, 2.45) is 5.73 Å². The van der Waals surface area contributed by atoms with Crippen LogP contribution in [0.1, 0.15) is 17.3 Å². The first-order chi connectivity index (χ1) is 8.09. The Morgan fingerprint density at radius 3 is 2.88 bits per heavy atom. The molecule has 1 aliphatic rings. The summed E-state index contributed by atoms with van der Waals surface area (Å²) in [5.41, 5.74) is 13.1. The van der Waals surface area contributed by atoms with Crippen LogP contribution in [0.25, 0.3) is 0 Å². The van der Waals surface area contributed by atoms with Crippen LogP contribution in [-0.2, 0) is 4.74 Å². The van der Waals surface area contributed by atoms with Crippen LogP contribution in [-0.4, -0.2) is 31.7 Å². The van der Waals surface area contributed by atoms with Crippen molar-refractivity contribution >= 4 is 17.3 Å². The van der Waals surface area contributed by atoms with E-state index in [0.29, 0.717) is 24.5 Å². The zero-order chi connectivity index (χ0) is 12.4. The molecule has 1 fully saturated rings. The Labute approximate surface area is 100 Å². The Kier molecular flexibility index (Phi) is 3.19. The molecular weight excluding hydrogens is 218 g/mol. The molecule has 4 N–H and O–H groups in total. The van der Waals surface area contributed by atoms with Gasteiger partial charge in [-0.1, -0.05) is 0 Å². The summed E-state index contributed by atoms with van der Waals surface area (Å²) >= 11 is 0. The van der Waals surface area contributed by atoms with Gasteiger partial charge in [0.15, 0.2) is 0 Å². The van der Waals surface area contributed by atoms with Gasteiger partial charge in [0, 0.05) is 18.2 Å². The van der Waals surface area contributed by atoms with E-state index in [1.165, 1.54) is 0 Å². The van der Waals surface area contributed by atoms with Crippen molar-refractivity contribution in [1.82, 2.24) is 0 Å². The first-order valence-corrected chi connectivity index (χ1v) is 5.63. The Balaban J connectivity index is 2.29. The van der Waals surface area contributed by atoms with Crippen LogP contribution in [0, 0.1) is 0 Å². The van der Waals surface area contributed by atoms with Crippen LogP contribution >= 0.6 is 0 Å². The van der Waals surface area contributed by atoms with Gasteiger partial charge in [0.25, 0.3) is 0 Å². The molecular formula is C12H17N3O2. The molecule has 0 saturated carbocycles. The van der Waals surface area contributed by atoms with Crippen molar-refractivity contribution in [1.29, 1.82) is 0 Å². The first-order valence-electron chi connectivity index (χ1n) is 5.63. The zero-order valence-electron chi connectivity index (χ0n) is 9.85. The monoisotopic (exact) mass is 235 g/mol. The van der Waals surface area contributed by atoms with Gasteiger partial charge in [-0.05, 0) is 25.1 Å².